The van der Waals surface area contributed by atoms with Crippen LogP contribution in [0.1, 0.15) is 6.92 Å². The largest absolute Gasteiger partial charge is 1.00 e. The Kier molecular flexibility index (Phi) is 4.22. The summed E-state index contributed by atoms with van der Waals surface area (Å²) in [5.74, 6) is 5.03. The van der Waals surface area contributed by atoms with Crippen LogP contribution in [0.25, 0.3) is 5.73 Å². The number of nitrogens with two attached hydrogens (primary N) is 1. The maximum Gasteiger partial charge on any atom is 1.00 e. The van der Waals surface area contributed by atoms with Crippen LogP contribution in [0.2, 0.25) is 0 Å². The summed E-state index contributed by atoms with van der Waals surface area (Å²) in [6.07, 6.45) is -0.737. The topological polar surface area (TPSA) is 94.9 Å². The average molecular weight is 235 g/mol. The molecule has 0 aromatic carbocycles. The first-order valence-corrected chi connectivity index (χ1v) is 3.34. The monoisotopic (exact) mass is 234 g/mol. The number of hydrogen-bond donors (Lipinski definition) is 2. The van der Waals surface area contributed by atoms with Crippen molar-refractivity contribution >= 4 is 5.71 Å². The van der Waals surface area contributed by atoms with Crippen molar-refractivity contribution in [2.45, 2.75) is 13.3 Å². The number of nitrogens with one attached hydrogen (secondary N) is 1. The van der Waals surface area contributed by atoms with Crippen molar-refractivity contribution < 1.29 is 26.9 Å². The third-order valence-electron chi connectivity index (χ3n) is 1.58. The van der Waals surface area contributed by atoms with Crippen molar-refractivity contribution in [3.8, 4) is 0 Å². The Hall–Kier alpha value is -0.751. The van der Waals surface area contributed by atoms with Crippen LogP contribution in [-0.2, 0) is 21.8 Å². The average Bonchev–Trinajstić information content (AvgIpc) is 2.08. The van der Waals surface area contributed by atoms with E-state index in [0.29, 0.717) is 5.71 Å². The first kappa shape index (κ1) is 12.2. The van der Waals surface area contributed by atoms with Gasteiger partial charge in [-0.2, -0.15) is 0 Å². The summed E-state index contributed by atoms with van der Waals surface area (Å²) in [5.41, 5.74) is 7.63. The summed E-state index contributed by atoms with van der Waals surface area (Å²) in [6.45, 7) is 1.61. The van der Waals surface area contributed by atoms with Gasteiger partial charge in [-0.05, 0) is 6.92 Å². The Morgan fingerprint density at radius 3 is 2.69 bits per heavy atom. The number of rotatable bonds is 1. The molecule has 1 heterocycles. The number of aliphatic hydroxyl groups is 1. The second-order valence-electron chi connectivity index (χ2n) is 2.38. The molecule has 1 atom stereocenters. The van der Waals surface area contributed by atoms with Crippen molar-refractivity contribution in [1.82, 2.24) is 5.01 Å². The van der Waals surface area contributed by atoms with Gasteiger partial charge in [0.25, 0.3) is 0 Å². The van der Waals surface area contributed by atoms with E-state index < -0.39 is 6.35 Å². The van der Waals surface area contributed by atoms with Gasteiger partial charge >= 0.3 is 17.1 Å². The molecule has 7 heteroatoms. The van der Waals surface area contributed by atoms with Crippen LogP contribution in [0.15, 0.2) is 16.6 Å². The summed E-state index contributed by atoms with van der Waals surface area (Å²) in [7, 11) is 1.42. The Balaban J connectivity index is 0.00000144. The molecule has 0 saturated carbocycles. The first-order valence-electron chi connectivity index (χ1n) is 3.34. The summed E-state index contributed by atoms with van der Waals surface area (Å²) >= 11 is 0. The van der Waals surface area contributed by atoms with Crippen LogP contribution in [0, 0.1) is 0 Å². The zero-order valence-corrected chi connectivity index (χ0v) is 8.15. The van der Waals surface area contributed by atoms with Crippen molar-refractivity contribution in [2.24, 2.45) is 10.8 Å². The van der Waals surface area contributed by atoms with Crippen molar-refractivity contribution in [1.29, 1.82) is 0 Å². The molecule has 6 nitrogen and oxygen atoms in total. The van der Waals surface area contributed by atoms with Gasteiger partial charge in [0.1, 0.15) is 0 Å². The number of ether oxygens (including phenoxy) is 1. The summed E-state index contributed by atoms with van der Waals surface area (Å²) in [6, 6.07) is 0. The number of aliphatic hydroxyl groups excluding tert-OH is 1. The molecule has 0 saturated heterocycles. The minimum atomic E-state index is -0.737. The molecular formula is C6H11CuN4O2. The third-order valence-corrected chi connectivity index (χ3v) is 1.58. The molecule has 0 bridgehead atoms. The smallest absolute Gasteiger partial charge is 0.693 e. The maximum atomic E-state index is 9.25. The number of aliphatic imine (C=N–C) groups is 1. The molecule has 0 radical (unpaired) electrons. The van der Waals surface area contributed by atoms with Crippen LogP contribution in [0.5, 0.6) is 0 Å². The van der Waals surface area contributed by atoms with Gasteiger partial charge in [-0.3, -0.25) is 0 Å². The normalized spacial score (nSPS) is 22.5. The van der Waals surface area contributed by atoms with Crippen LogP contribution < -0.4 is 5.84 Å². The molecule has 1 unspecified atom stereocenters. The maximum absolute atomic E-state index is 9.25. The molecule has 0 fully saturated rings. The molecular weight excluding hydrogens is 224 g/mol. The van der Waals surface area contributed by atoms with E-state index in [1.54, 1.807) is 6.92 Å². The molecule has 0 aliphatic carbocycles. The quantitative estimate of drug-likeness (QED) is 0.505. The molecule has 0 aromatic rings. The third kappa shape index (κ3) is 2.13. The van der Waals surface area contributed by atoms with Crippen LogP contribution in [-0.4, -0.2) is 29.3 Å². The van der Waals surface area contributed by atoms with Gasteiger partial charge in [0, 0.05) is 12.8 Å². The standard InChI is InChI=1S/C6H11N4O2.Cu/c1-3-4(7)5(11)10(8)6(9-3)12-2;/h6-7H,8H2,1-2H3,(H,9,11);/q-1;+1. The van der Waals surface area contributed by atoms with Crippen LogP contribution in [0.4, 0.5) is 0 Å². The Labute approximate surface area is 86.7 Å². The predicted octanol–water partition coefficient (Wildman–Crippen LogP) is 0.343. The van der Waals surface area contributed by atoms with E-state index in [9.17, 15) is 5.11 Å². The number of hydrogen-bond acceptors (Lipinski definition) is 5. The van der Waals surface area contributed by atoms with Crippen LogP contribution >= 0.6 is 0 Å². The molecule has 13 heavy (non-hydrogen) atoms. The van der Waals surface area contributed by atoms with E-state index in [0.717, 1.165) is 5.01 Å². The molecule has 0 spiro atoms. The van der Waals surface area contributed by atoms with Crippen molar-refractivity contribution in [2.75, 3.05) is 7.11 Å². The SMILES string of the molecule is COC1N=C(C)C([NH-])=C(O)N1N.[Cu+]. The summed E-state index contributed by atoms with van der Waals surface area (Å²) < 4.78 is 4.83. The zero-order chi connectivity index (χ0) is 9.30. The minimum Gasteiger partial charge on any atom is -0.693 e. The minimum absolute atomic E-state index is 0. The van der Waals surface area contributed by atoms with Gasteiger partial charge < -0.3 is 15.6 Å². The fourth-order valence-electron chi connectivity index (χ4n) is 0.854. The van der Waals surface area contributed by atoms with Gasteiger partial charge in [0.05, 0.1) is 0 Å². The van der Waals surface area contributed by atoms with Gasteiger partial charge in [0.15, 0.2) is 5.88 Å². The Morgan fingerprint density at radius 2 is 2.23 bits per heavy atom. The van der Waals surface area contributed by atoms with Gasteiger partial charge in [-0.25, -0.2) is 15.8 Å². The van der Waals surface area contributed by atoms with E-state index in [2.05, 4.69) is 4.99 Å². The molecule has 1 rings (SSSR count). The molecule has 0 amide bonds. The molecule has 4 N–H and O–H groups in total. The molecule has 78 valence electrons. The van der Waals surface area contributed by atoms with Gasteiger partial charge in [-0.15, -0.1) is 0 Å². The second kappa shape index (κ2) is 4.48. The first-order chi connectivity index (χ1) is 5.57. The van der Waals surface area contributed by atoms with E-state index in [1.807, 2.05) is 0 Å². The molecule has 1 aliphatic rings. The van der Waals surface area contributed by atoms with E-state index in [1.165, 1.54) is 7.11 Å². The van der Waals surface area contributed by atoms with E-state index in [4.69, 9.17) is 16.3 Å². The van der Waals surface area contributed by atoms with Gasteiger partial charge in [-0.1, -0.05) is 5.70 Å². The Morgan fingerprint density at radius 1 is 1.69 bits per heavy atom. The number of methoxy groups -OCH3 is 1. The van der Waals surface area contributed by atoms with Crippen molar-refractivity contribution in [3.05, 3.63) is 17.3 Å². The fourth-order valence-corrected chi connectivity index (χ4v) is 0.854. The van der Waals surface area contributed by atoms with E-state index >= 15 is 0 Å². The summed E-state index contributed by atoms with van der Waals surface area (Å²) in [5, 5.41) is 10.1. The van der Waals surface area contributed by atoms with Crippen LogP contribution in [0.3, 0.4) is 0 Å². The predicted molar refractivity (Wildman–Crippen MR) is 43.9 cm³/mol. The van der Waals surface area contributed by atoms with E-state index in [-0.39, 0.29) is 28.6 Å². The number of nitrogens with zero attached hydrogens (tertiary/aromatic N) is 2. The summed E-state index contributed by atoms with van der Waals surface area (Å²) in [4.78, 5) is 3.90. The number of allylic oxidation sites excluding steroid dienone is 1. The van der Waals surface area contributed by atoms with Gasteiger partial charge in [0.2, 0.25) is 6.35 Å². The number of hydrazine groups is 1. The second-order valence-corrected chi connectivity index (χ2v) is 2.38. The van der Waals surface area contributed by atoms with Crippen molar-refractivity contribution in [3.63, 3.8) is 0 Å². The molecule has 1 aliphatic heterocycles. The Bertz CT molecular complexity index is 253. The fraction of sp³-hybridized carbons (Fsp3) is 0.500. The zero-order valence-electron chi connectivity index (χ0n) is 7.21. The molecule has 0 aromatic heterocycles.